The minimum Gasteiger partial charge on any atom is -0.429 e. The molecule has 0 aromatic carbocycles. The van der Waals surface area contributed by atoms with Gasteiger partial charge in [0.15, 0.2) is 0 Å². The molecule has 0 aromatic heterocycles. The van der Waals surface area contributed by atoms with E-state index in [-0.39, 0.29) is 5.97 Å². The van der Waals surface area contributed by atoms with Crippen LogP contribution in [0.15, 0.2) is 12.2 Å². The van der Waals surface area contributed by atoms with Crippen LogP contribution < -0.4 is 0 Å². The summed E-state index contributed by atoms with van der Waals surface area (Å²) in [7, 11) is 0. The van der Waals surface area contributed by atoms with Crippen molar-refractivity contribution in [2.75, 3.05) is 6.61 Å². The van der Waals surface area contributed by atoms with E-state index in [4.69, 9.17) is 9.47 Å². The molecule has 0 bridgehead atoms. The van der Waals surface area contributed by atoms with E-state index in [2.05, 4.69) is 0 Å². The highest BCUT2D eigenvalue weighted by molar-refractivity contribution is 5.84. The second-order valence-corrected chi connectivity index (χ2v) is 2.04. The van der Waals surface area contributed by atoms with E-state index in [1.807, 2.05) is 6.92 Å². The lowest BCUT2D eigenvalue weighted by molar-refractivity contribution is -0.157. The Bertz CT molecular complexity index is 151. The lowest BCUT2D eigenvalue weighted by Crippen LogP contribution is -2.12. The predicted octanol–water partition coefficient (Wildman–Crippen LogP) is 0.852. The van der Waals surface area contributed by atoms with Crippen LogP contribution in [0.2, 0.25) is 0 Å². The Morgan fingerprint density at radius 1 is 1.80 bits per heavy atom. The number of cyclic esters (lactones) is 1. The molecule has 0 aliphatic carbocycles. The molecule has 1 rings (SSSR count). The Morgan fingerprint density at radius 3 is 3.10 bits per heavy atom. The first-order chi connectivity index (χ1) is 4.83. The van der Waals surface area contributed by atoms with Crippen LogP contribution in [-0.2, 0) is 14.3 Å². The van der Waals surface area contributed by atoms with E-state index >= 15 is 0 Å². The lowest BCUT2D eigenvalue weighted by Gasteiger charge is -2.07. The third kappa shape index (κ3) is 1.84. The molecule has 0 fully saturated rings. The molecule has 0 N–H and O–H groups in total. The van der Waals surface area contributed by atoms with Crippen molar-refractivity contribution in [2.45, 2.75) is 19.6 Å². The van der Waals surface area contributed by atoms with Crippen molar-refractivity contribution < 1.29 is 14.3 Å². The van der Waals surface area contributed by atoms with E-state index in [0.29, 0.717) is 6.61 Å². The largest absolute Gasteiger partial charge is 0.429 e. The maximum Gasteiger partial charge on any atom is 0.333 e. The molecule has 10 heavy (non-hydrogen) atoms. The van der Waals surface area contributed by atoms with Crippen molar-refractivity contribution in [1.82, 2.24) is 0 Å². The van der Waals surface area contributed by atoms with Crippen LogP contribution in [0, 0.1) is 0 Å². The summed E-state index contributed by atoms with van der Waals surface area (Å²) in [5.41, 5.74) is 0. The summed E-state index contributed by atoms with van der Waals surface area (Å²) < 4.78 is 9.78. The summed E-state index contributed by atoms with van der Waals surface area (Å²) in [6.45, 7) is 2.63. The van der Waals surface area contributed by atoms with Crippen LogP contribution in [0.25, 0.3) is 0 Å². The van der Waals surface area contributed by atoms with E-state index in [1.165, 1.54) is 6.08 Å². The zero-order chi connectivity index (χ0) is 7.40. The molecule has 3 nitrogen and oxygen atoms in total. The molecule has 0 saturated carbocycles. The van der Waals surface area contributed by atoms with Gasteiger partial charge in [0.05, 0.1) is 6.61 Å². The third-order valence-electron chi connectivity index (χ3n) is 1.11. The van der Waals surface area contributed by atoms with Gasteiger partial charge in [-0.1, -0.05) is 6.92 Å². The highest BCUT2D eigenvalue weighted by Crippen LogP contribution is 2.05. The monoisotopic (exact) mass is 142 g/mol. The Balaban J connectivity index is 2.20. The highest BCUT2D eigenvalue weighted by Gasteiger charge is 2.15. The van der Waals surface area contributed by atoms with Crippen LogP contribution in [0.3, 0.4) is 0 Å². The van der Waals surface area contributed by atoms with E-state index < -0.39 is 6.29 Å². The van der Waals surface area contributed by atoms with Gasteiger partial charge in [0.2, 0.25) is 6.29 Å². The number of hydrogen-bond acceptors (Lipinski definition) is 3. The quantitative estimate of drug-likeness (QED) is 0.548. The van der Waals surface area contributed by atoms with E-state index in [9.17, 15) is 4.79 Å². The number of esters is 1. The van der Waals surface area contributed by atoms with Crippen molar-refractivity contribution in [1.29, 1.82) is 0 Å². The van der Waals surface area contributed by atoms with E-state index in [0.717, 1.165) is 6.42 Å². The van der Waals surface area contributed by atoms with Gasteiger partial charge in [0.1, 0.15) is 0 Å². The first kappa shape index (κ1) is 7.28. The fourth-order valence-corrected chi connectivity index (χ4v) is 0.674. The van der Waals surface area contributed by atoms with Crippen molar-refractivity contribution >= 4 is 5.97 Å². The molecule has 1 aliphatic heterocycles. The Kier molecular flexibility index (Phi) is 2.45. The average Bonchev–Trinajstić information content (AvgIpc) is 2.31. The van der Waals surface area contributed by atoms with Crippen molar-refractivity contribution in [2.24, 2.45) is 0 Å². The standard InChI is InChI=1S/C7H10O3/c1-2-5-9-7-4-3-6(8)10-7/h3-4,7H,2,5H2,1H3. The van der Waals surface area contributed by atoms with Gasteiger partial charge in [-0.3, -0.25) is 0 Å². The SMILES string of the molecule is CCCOC1C=CC(=O)O1. The minimum absolute atomic E-state index is 0.318. The topological polar surface area (TPSA) is 35.5 Å². The Labute approximate surface area is 59.6 Å². The second-order valence-electron chi connectivity index (χ2n) is 2.04. The molecule has 1 aliphatic rings. The molecule has 1 unspecified atom stereocenters. The molecule has 3 heteroatoms. The van der Waals surface area contributed by atoms with Crippen molar-refractivity contribution in [3.63, 3.8) is 0 Å². The number of ether oxygens (including phenoxy) is 2. The lowest BCUT2D eigenvalue weighted by atomic mass is 10.5. The Hall–Kier alpha value is -0.830. The van der Waals surface area contributed by atoms with Gasteiger partial charge in [-0.25, -0.2) is 4.79 Å². The van der Waals surface area contributed by atoms with Gasteiger partial charge in [-0.2, -0.15) is 0 Å². The summed E-state index contributed by atoms with van der Waals surface area (Å²) in [5, 5.41) is 0. The fourth-order valence-electron chi connectivity index (χ4n) is 0.674. The fraction of sp³-hybridized carbons (Fsp3) is 0.571. The van der Waals surface area contributed by atoms with Crippen LogP contribution in [-0.4, -0.2) is 18.9 Å². The first-order valence-corrected chi connectivity index (χ1v) is 3.33. The normalized spacial score (nSPS) is 23.3. The summed E-state index contributed by atoms with van der Waals surface area (Å²) in [6, 6.07) is 0. The molecule has 0 amide bonds. The molecule has 0 radical (unpaired) electrons. The molecule has 1 heterocycles. The Morgan fingerprint density at radius 2 is 2.60 bits per heavy atom. The van der Waals surface area contributed by atoms with Crippen LogP contribution >= 0.6 is 0 Å². The number of carbonyl (C=O) groups excluding carboxylic acids is 1. The molecule has 0 aromatic rings. The number of hydrogen-bond donors (Lipinski definition) is 0. The van der Waals surface area contributed by atoms with Crippen molar-refractivity contribution in [3.05, 3.63) is 12.2 Å². The van der Waals surface area contributed by atoms with Gasteiger partial charge in [0, 0.05) is 6.08 Å². The summed E-state index contributed by atoms with van der Waals surface area (Å²) in [4.78, 5) is 10.4. The number of carbonyl (C=O) groups is 1. The minimum atomic E-state index is -0.438. The predicted molar refractivity (Wildman–Crippen MR) is 35.3 cm³/mol. The van der Waals surface area contributed by atoms with Gasteiger partial charge in [-0.05, 0) is 12.5 Å². The average molecular weight is 142 g/mol. The summed E-state index contributed by atoms with van der Waals surface area (Å²) >= 11 is 0. The maximum absolute atomic E-state index is 10.4. The van der Waals surface area contributed by atoms with Crippen LogP contribution in [0.5, 0.6) is 0 Å². The van der Waals surface area contributed by atoms with Gasteiger partial charge >= 0.3 is 5.97 Å². The zero-order valence-corrected chi connectivity index (χ0v) is 5.87. The molecular weight excluding hydrogens is 132 g/mol. The second kappa shape index (κ2) is 3.37. The maximum atomic E-state index is 10.4. The van der Waals surface area contributed by atoms with Crippen LogP contribution in [0.4, 0.5) is 0 Å². The molecule has 0 saturated heterocycles. The summed E-state index contributed by atoms with van der Waals surface area (Å²) in [6.07, 6.45) is 3.48. The van der Waals surface area contributed by atoms with Gasteiger partial charge in [-0.15, -0.1) is 0 Å². The molecule has 56 valence electrons. The smallest absolute Gasteiger partial charge is 0.333 e. The van der Waals surface area contributed by atoms with Gasteiger partial charge < -0.3 is 9.47 Å². The molecule has 0 spiro atoms. The zero-order valence-electron chi connectivity index (χ0n) is 5.87. The van der Waals surface area contributed by atoms with Crippen molar-refractivity contribution in [3.8, 4) is 0 Å². The highest BCUT2D eigenvalue weighted by atomic mass is 16.7. The molecular formula is C7H10O3. The van der Waals surface area contributed by atoms with E-state index in [1.54, 1.807) is 6.08 Å². The van der Waals surface area contributed by atoms with Crippen LogP contribution in [0.1, 0.15) is 13.3 Å². The molecule has 1 atom stereocenters. The first-order valence-electron chi connectivity index (χ1n) is 3.33. The summed E-state index contributed by atoms with van der Waals surface area (Å²) in [5.74, 6) is -0.318. The third-order valence-corrected chi connectivity index (χ3v) is 1.11. The number of rotatable bonds is 3. The van der Waals surface area contributed by atoms with Gasteiger partial charge in [0.25, 0.3) is 0 Å².